The van der Waals surface area contributed by atoms with Crippen molar-refractivity contribution in [1.29, 1.82) is 0 Å². The van der Waals surface area contributed by atoms with Crippen molar-refractivity contribution < 1.29 is 14.7 Å². The minimum atomic E-state index is -0.955. The molecule has 1 aliphatic heterocycles. The second kappa shape index (κ2) is 5.01. The number of nitrogens with zero attached hydrogens (tertiary/aromatic N) is 2. The molecular weight excluding hydrogens is 268 g/mol. The van der Waals surface area contributed by atoms with Gasteiger partial charge in [-0.2, -0.15) is 0 Å². The van der Waals surface area contributed by atoms with Gasteiger partial charge in [0.2, 0.25) is 0 Å². The van der Waals surface area contributed by atoms with Crippen molar-refractivity contribution >= 4 is 17.6 Å². The number of carbonyl (C=O) groups excluding carboxylic acids is 1. The first kappa shape index (κ1) is 13.3. The minimum absolute atomic E-state index is 0.163. The fourth-order valence-electron chi connectivity index (χ4n) is 2.61. The van der Waals surface area contributed by atoms with Gasteiger partial charge in [0.05, 0.1) is 23.7 Å². The quantitative estimate of drug-likeness (QED) is 0.939. The molecular formula is C16H14N2O3. The van der Waals surface area contributed by atoms with Crippen molar-refractivity contribution in [2.45, 2.75) is 19.4 Å². The zero-order chi connectivity index (χ0) is 15.0. The first-order valence-electron chi connectivity index (χ1n) is 6.65. The van der Waals surface area contributed by atoms with E-state index in [2.05, 4.69) is 4.98 Å². The highest BCUT2D eigenvalue weighted by Crippen LogP contribution is 2.38. The molecule has 2 heterocycles. The third-order valence-corrected chi connectivity index (χ3v) is 3.60. The molecule has 21 heavy (non-hydrogen) atoms. The van der Waals surface area contributed by atoms with Gasteiger partial charge in [-0.3, -0.25) is 19.5 Å². The molecule has 0 saturated carbocycles. The van der Waals surface area contributed by atoms with Crippen LogP contribution in [0, 0.1) is 6.92 Å². The van der Waals surface area contributed by atoms with E-state index in [1.54, 1.807) is 18.3 Å². The van der Waals surface area contributed by atoms with Crippen LogP contribution in [0.15, 0.2) is 42.6 Å². The number of anilines is 1. The summed E-state index contributed by atoms with van der Waals surface area (Å²) < 4.78 is 0. The molecule has 5 heteroatoms. The Morgan fingerprint density at radius 2 is 2.00 bits per heavy atom. The molecule has 0 spiro atoms. The van der Waals surface area contributed by atoms with E-state index in [1.807, 2.05) is 31.2 Å². The molecule has 1 aromatic carbocycles. The number of amides is 1. The van der Waals surface area contributed by atoms with E-state index in [0.717, 1.165) is 5.56 Å². The second-order valence-corrected chi connectivity index (χ2v) is 5.06. The maximum absolute atomic E-state index is 12.6. The number of carbonyl (C=O) groups is 2. The molecule has 0 radical (unpaired) electrons. The van der Waals surface area contributed by atoms with Crippen LogP contribution >= 0.6 is 0 Å². The SMILES string of the molecule is Cc1ccc(N2C(=O)c3cccnc3C2CC(=O)O)cc1. The lowest BCUT2D eigenvalue weighted by atomic mass is 10.1. The highest BCUT2D eigenvalue weighted by atomic mass is 16.4. The third kappa shape index (κ3) is 2.27. The predicted octanol–water partition coefficient (Wildman–Crippen LogP) is 2.57. The van der Waals surface area contributed by atoms with E-state index in [9.17, 15) is 9.59 Å². The van der Waals surface area contributed by atoms with Gasteiger partial charge in [0.1, 0.15) is 0 Å². The zero-order valence-electron chi connectivity index (χ0n) is 11.5. The zero-order valence-corrected chi connectivity index (χ0v) is 11.5. The van der Waals surface area contributed by atoms with Gasteiger partial charge in [-0.1, -0.05) is 17.7 Å². The first-order valence-corrected chi connectivity index (χ1v) is 6.65. The average molecular weight is 282 g/mol. The summed E-state index contributed by atoms with van der Waals surface area (Å²) in [4.78, 5) is 29.4. The van der Waals surface area contributed by atoms with Gasteiger partial charge in [0.15, 0.2) is 0 Å². The number of hydrogen-bond acceptors (Lipinski definition) is 3. The number of rotatable bonds is 3. The summed E-state index contributed by atoms with van der Waals surface area (Å²) in [6.07, 6.45) is 1.42. The highest BCUT2D eigenvalue weighted by Gasteiger charge is 2.39. The largest absolute Gasteiger partial charge is 0.481 e. The number of fused-ring (bicyclic) bond motifs is 1. The van der Waals surface area contributed by atoms with Crippen molar-refractivity contribution in [2.24, 2.45) is 0 Å². The summed E-state index contributed by atoms with van der Waals surface area (Å²) in [6, 6.07) is 10.3. The van der Waals surface area contributed by atoms with Crippen LogP contribution in [0.5, 0.6) is 0 Å². The van der Waals surface area contributed by atoms with E-state index < -0.39 is 12.0 Å². The number of aromatic nitrogens is 1. The normalized spacial score (nSPS) is 16.9. The van der Waals surface area contributed by atoms with Crippen molar-refractivity contribution in [2.75, 3.05) is 4.90 Å². The van der Waals surface area contributed by atoms with Crippen LogP contribution in [0.25, 0.3) is 0 Å². The van der Waals surface area contributed by atoms with Crippen molar-refractivity contribution in [3.8, 4) is 0 Å². The maximum atomic E-state index is 12.6. The first-order chi connectivity index (χ1) is 10.1. The molecule has 0 aliphatic carbocycles. The molecule has 2 aromatic rings. The number of carboxylic acid groups (broad SMARTS) is 1. The summed E-state index contributed by atoms with van der Waals surface area (Å²) in [6.45, 7) is 1.96. The Balaban J connectivity index is 2.08. The Bertz CT molecular complexity index is 710. The standard InChI is InChI=1S/C16H14N2O3/c1-10-4-6-11(7-5-10)18-13(9-14(19)20)15-12(16(18)21)3-2-8-17-15/h2-8,13H,9H2,1H3,(H,19,20). The molecule has 1 aromatic heterocycles. The highest BCUT2D eigenvalue weighted by molar-refractivity contribution is 6.11. The van der Waals surface area contributed by atoms with E-state index in [0.29, 0.717) is 16.9 Å². The van der Waals surface area contributed by atoms with Gasteiger partial charge in [-0.05, 0) is 31.2 Å². The lowest BCUT2D eigenvalue weighted by Gasteiger charge is -2.23. The maximum Gasteiger partial charge on any atom is 0.305 e. The Hall–Kier alpha value is -2.69. The number of benzene rings is 1. The van der Waals surface area contributed by atoms with Crippen LogP contribution in [0.4, 0.5) is 5.69 Å². The molecule has 1 amide bonds. The molecule has 0 fully saturated rings. The van der Waals surface area contributed by atoms with Gasteiger partial charge in [-0.15, -0.1) is 0 Å². The lowest BCUT2D eigenvalue weighted by Crippen LogP contribution is -2.29. The van der Waals surface area contributed by atoms with Gasteiger partial charge in [-0.25, -0.2) is 0 Å². The number of pyridine rings is 1. The molecule has 106 valence electrons. The fraction of sp³-hybridized carbons (Fsp3) is 0.188. The van der Waals surface area contributed by atoms with Gasteiger partial charge < -0.3 is 5.11 Å². The number of hydrogen-bond donors (Lipinski definition) is 1. The van der Waals surface area contributed by atoms with E-state index in [1.165, 1.54) is 4.90 Å². The molecule has 1 aliphatic rings. The molecule has 1 unspecified atom stereocenters. The third-order valence-electron chi connectivity index (χ3n) is 3.60. The van der Waals surface area contributed by atoms with Crippen LogP contribution in [0.3, 0.4) is 0 Å². The van der Waals surface area contributed by atoms with Crippen molar-refractivity contribution in [3.05, 3.63) is 59.4 Å². The monoisotopic (exact) mass is 282 g/mol. The average Bonchev–Trinajstić information content (AvgIpc) is 2.73. The van der Waals surface area contributed by atoms with Gasteiger partial charge in [0, 0.05) is 11.9 Å². The number of carboxylic acids is 1. The molecule has 0 saturated heterocycles. The molecule has 1 atom stereocenters. The molecule has 1 N–H and O–H groups in total. The van der Waals surface area contributed by atoms with E-state index >= 15 is 0 Å². The second-order valence-electron chi connectivity index (χ2n) is 5.06. The summed E-state index contributed by atoms with van der Waals surface area (Å²) in [5, 5.41) is 9.13. The van der Waals surface area contributed by atoms with Gasteiger partial charge >= 0.3 is 5.97 Å². The summed E-state index contributed by atoms with van der Waals surface area (Å²) >= 11 is 0. The topological polar surface area (TPSA) is 70.5 Å². The lowest BCUT2D eigenvalue weighted by molar-refractivity contribution is -0.137. The van der Waals surface area contributed by atoms with Crippen molar-refractivity contribution in [1.82, 2.24) is 4.98 Å². The Labute approximate surface area is 121 Å². The number of aryl methyl sites for hydroxylation is 1. The van der Waals surface area contributed by atoms with Crippen LogP contribution in [-0.2, 0) is 4.79 Å². The van der Waals surface area contributed by atoms with Crippen LogP contribution in [0.1, 0.15) is 34.1 Å². The summed E-state index contributed by atoms with van der Waals surface area (Å²) in [5.74, 6) is -1.16. The molecule has 0 bridgehead atoms. The summed E-state index contributed by atoms with van der Waals surface area (Å²) in [5.41, 5.74) is 2.78. The molecule has 3 rings (SSSR count). The summed E-state index contributed by atoms with van der Waals surface area (Å²) in [7, 11) is 0. The van der Waals surface area contributed by atoms with E-state index in [-0.39, 0.29) is 12.3 Å². The van der Waals surface area contributed by atoms with E-state index in [4.69, 9.17) is 5.11 Å². The fourth-order valence-corrected chi connectivity index (χ4v) is 2.61. The van der Waals surface area contributed by atoms with Crippen molar-refractivity contribution in [3.63, 3.8) is 0 Å². The molecule has 5 nitrogen and oxygen atoms in total. The Morgan fingerprint density at radius 1 is 1.29 bits per heavy atom. The van der Waals surface area contributed by atoms with Crippen LogP contribution < -0.4 is 4.90 Å². The Kier molecular flexibility index (Phi) is 3.17. The van der Waals surface area contributed by atoms with Gasteiger partial charge in [0.25, 0.3) is 5.91 Å². The van der Waals surface area contributed by atoms with Crippen LogP contribution in [0.2, 0.25) is 0 Å². The Morgan fingerprint density at radius 3 is 2.67 bits per heavy atom. The number of aliphatic carboxylic acids is 1. The van der Waals surface area contributed by atoms with Crippen LogP contribution in [-0.4, -0.2) is 22.0 Å². The predicted molar refractivity (Wildman–Crippen MR) is 77.2 cm³/mol. The smallest absolute Gasteiger partial charge is 0.305 e. The minimum Gasteiger partial charge on any atom is -0.481 e.